The molecule has 14 heteroatoms. The third kappa shape index (κ3) is 6.19. The van der Waals surface area contributed by atoms with Crippen molar-refractivity contribution in [2.75, 3.05) is 50.5 Å². The van der Waals surface area contributed by atoms with Crippen LogP contribution < -0.4 is 15.4 Å². The van der Waals surface area contributed by atoms with Crippen molar-refractivity contribution in [2.45, 2.75) is 44.9 Å². The molecule has 0 radical (unpaired) electrons. The Morgan fingerprint density at radius 3 is 2.60 bits per heavy atom. The molecule has 2 atom stereocenters. The van der Waals surface area contributed by atoms with E-state index in [0.29, 0.717) is 31.7 Å². The second-order valence-corrected chi connectivity index (χ2v) is 11.4. The summed E-state index contributed by atoms with van der Waals surface area (Å²) in [6.07, 6.45) is 0.887. The largest absolute Gasteiger partial charge is 0.462 e. The molecular formula is C29H32ClF4N7O2. The number of alkyl halides is 3. The summed E-state index contributed by atoms with van der Waals surface area (Å²) in [5.74, 6) is -0.955. The first-order valence-corrected chi connectivity index (χ1v) is 14.3. The van der Waals surface area contributed by atoms with Crippen LogP contribution >= 0.6 is 11.6 Å². The van der Waals surface area contributed by atoms with Gasteiger partial charge in [0, 0.05) is 43.3 Å². The number of aldehydes is 1. The predicted octanol–water partition coefficient (Wildman–Crippen LogP) is 5.09. The molecule has 5 rings (SSSR count). The van der Waals surface area contributed by atoms with E-state index in [2.05, 4.69) is 19.9 Å². The average molecular weight is 622 g/mol. The third-order valence-corrected chi connectivity index (χ3v) is 8.28. The zero-order chi connectivity index (χ0) is 31.1. The fourth-order valence-electron chi connectivity index (χ4n) is 5.85. The molecule has 1 aromatic carbocycles. The van der Waals surface area contributed by atoms with E-state index in [1.54, 1.807) is 6.20 Å². The van der Waals surface area contributed by atoms with Gasteiger partial charge in [-0.25, -0.2) is 9.37 Å². The van der Waals surface area contributed by atoms with E-state index in [0.717, 1.165) is 25.5 Å². The lowest BCUT2D eigenvalue weighted by atomic mass is 9.99. The van der Waals surface area contributed by atoms with Crippen LogP contribution in [0.15, 0.2) is 24.4 Å². The number of pyridine rings is 1. The van der Waals surface area contributed by atoms with E-state index >= 15 is 4.39 Å². The Hall–Kier alpha value is -3.71. The van der Waals surface area contributed by atoms with Crippen LogP contribution in [-0.4, -0.2) is 83.0 Å². The van der Waals surface area contributed by atoms with Crippen molar-refractivity contribution in [2.24, 2.45) is 0 Å². The standard InChI is InChI=1S/C29H32ClF4N7O2/c1-16-12-21(35)36-26(23(16)29(32,33)34)22-20(30)13-19-25(24(22)31)37-28(43-15-18-6-4-7-39(18)3)38-27(19)41-10-9-40(8-5-11-42)14-17(41)2/h5,8,11-13,17-18H,4,6-7,9-10,14-15H2,1-3H3,(H2,35,36)/t17-,18-/m0/s1. The molecule has 43 heavy (non-hydrogen) atoms. The van der Waals surface area contributed by atoms with Gasteiger partial charge >= 0.3 is 12.2 Å². The number of aromatic nitrogens is 3. The van der Waals surface area contributed by atoms with Crippen molar-refractivity contribution in [3.05, 3.63) is 46.4 Å². The summed E-state index contributed by atoms with van der Waals surface area (Å²) >= 11 is 6.55. The number of hydrogen-bond donors (Lipinski definition) is 1. The minimum absolute atomic E-state index is 0.0989. The highest BCUT2D eigenvalue weighted by atomic mass is 35.5. The first kappa shape index (κ1) is 30.7. The topological polar surface area (TPSA) is 101 Å². The number of likely N-dealkylation sites (tertiary alicyclic amines) is 1. The Kier molecular flexibility index (Phi) is 8.66. The van der Waals surface area contributed by atoms with Gasteiger partial charge in [-0.15, -0.1) is 0 Å². The van der Waals surface area contributed by atoms with Crippen molar-refractivity contribution in [1.82, 2.24) is 24.8 Å². The Bertz CT molecular complexity index is 1570. The van der Waals surface area contributed by atoms with Gasteiger partial charge in [0.15, 0.2) is 5.82 Å². The molecule has 2 fully saturated rings. The number of halogens is 5. The molecule has 2 saturated heterocycles. The Balaban J connectivity index is 1.67. The smallest absolute Gasteiger partial charge is 0.418 e. The van der Waals surface area contributed by atoms with Gasteiger partial charge in [0.25, 0.3) is 0 Å². The second kappa shape index (κ2) is 12.1. The van der Waals surface area contributed by atoms with Gasteiger partial charge in [-0.1, -0.05) is 11.6 Å². The zero-order valence-corrected chi connectivity index (χ0v) is 24.7. The number of aryl methyl sites for hydroxylation is 1. The van der Waals surface area contributed by atoms with Crippen LogP contribution in [0.5, 0.6) is 6.01 Å². The first-order chi connectivity index (χ1) is 20.4. The molecule has 2 aliphatic rings. The van der Waals surface area contributed by atoms with Gasteiger partial charge < -0.3 is 25.2 Å². The molecule has 0 unspecified atom stereocenters. The van der Waals surface area contributed by atoms with Crippen LogP contribution in [0.3, 0.4) is 0 Å². The lowest BCUT2D eigenvalue weighted by Crippen LogP contribution is -2.50. The number of nitrogens with two attached hydrogens (primary N) is 1. The lowest BCUT2D eigenvalue weighted by Gasteiger charge is -2.40. The lowest BCUT2D eigenvalue weighted by molar-refractivity contribution is -0.137. The quantitative estimate of drug-likeness (QED) is 0.220. The van der Waals surface area contributed by atoms with Gasteiger partial charge in [-0.05, 0) is 64.1 Å². The zero-order valence-electron chi connectivity index (χ0n) is 24.0. The highest BCUT2D eigenvalue weighted by Gasteiger charge is 2.39. The van der Waals surface area contributed by atoms with Crippen LogP contribution in [0.4, 0.5) is 29.2 Å². The number of rotatable bonds is 7. The fourth-order valence-corrected chi connectivity index (χ4v) is 6.13. The number of nitrogen functional groups attached to an aromatic ring is 1. The molecule has 2 aromatic heterocycles. The minimum Gasteiger partial charge on any atom is -0.462 e. The van der Waals surface area contributed by atoms with Gasteiger partial charge in [-0.3, -0.25) is 4.79 Å². The maximum Gasteiger partial charge on any atom is 0.418 e. The highest BCUT2D eigenvalue weighted by Crippen LogP contribution is 2.44. The van der Waals surface area contributed by atoms with Crippen molar-refractivity contribution >= 4 is 40.4 Å². The predicted molar refractivity (Wildman–Crippen MR) is 157 cm³/mol. The molecule has 2 N–H and O–H groups in total. The molecule has 9 nitrogen and oxygen atoms in total. The summed E-state index contributed by atoms with van der Waals surface area (Å²) in [5, 5.41) is -0.0752. The van der Waals surface area contributed by atoms with Gasteiger partial charge in [0.1, 0.15) is 30.0 Å². The molecule has 2 aliphatic heterocycles. The number of carbonyl (C=O) groups excluding carboxylic acids is 1. The molecule has 4 heterocycles. The van der Waals surface area contributed by atoms with Crippen molar-refractivity contribution in [3.63, 3.8) is 0 Å². The fraction of sp³-hybridized carbons (Fsp3) is 0.448. The molecule has 0 saturated carbocycles. The van der Waals surface area contributed by atoms with E-state index in [-0.39, 0.29) is 52.0 Å². The number of allylic oxidation sites excluding steroid dienone is 1. The summed E-state index contributed by atoms with van der Waals surface area (Å²) in [5.41, 5.74) is 2.94. The number of hydrogen-bond acceptors (Lipinski definition) is 9. The summed E-state index contributed by atoms with van der Waals surface area (Å²) in [6.45, 7) is 5.89. The van der Waals surface area contributed by atoms with Crippen LogP contribution in [0.2, 0.25) is 5.02 Å². The van der Waals surface area contributed by atoms with Gasteiger partial charge in [0.2, 0.25) is 0 Å². The molecular weight excluding hydrogens is 590 g/mol. The van der Waals surface area contributed by atoms with Gasteiger partial charge in [0.05, 0.1) is 21.8 Å². The molecule has 3 aromatic rings. The number of benzene rings is 1. The van der Waals surface area contributed by atoms with Crippen LogP contribution in [-0.2, 0) is 11.0 Å². The van der Waals surface area contributed by atoms with Crippen molar-refractivity contribution in [1.29, 1.82) is 0 Å². The Morgan fingerprint density at radius 1 is 1.19 bits per heavy atom. The normalized spacial score (nSPS) is 20.0. The van der Waals surface area contributed by atoms with E-state index < -0.39 is 28.8 Å². The maximum atomic E-state index is 16.5. The molecule has 0 aliphatic carbocycles. The summed E-state index contributed by atoms with van der Waals surface area (Å²) in [7, 11) is 1.99. The molecule has 0 bridgehead atoms. The maximum absolute atomic E-state index is 16.5. The van der Waals surface area contributed by atoms with E-state index in [9.17, 15) is 18.0 Å². The van der Waals surface area contributed by atoms with Gasteiger partial charge in [-0.2, -0.15) is 23.1 Å². The average Bonchev–Trinajstić information content (AvgIpc) is 3.34. The number of likely N-dealkylation sites (N-methyl/N-ethyl adjacent to an activating group) is 1. The van der Waals surface area contributed by atoms with Crippen molar-refractivity contribution < 1.29 is 27.1 Å². The van der Waals surface area contributed by atoms with E-state index in [1.165, 1.54) is 19.1 Å². The summed E-state index contributed by atoms with van der Waals surface area (Å²) in [4.78, 5) is 29.8. The van der Waals surface area contributed by atoms with Crippen LogP contribution in [0.25, 0.3) is 22.2 Å². The molecule has 0 amide bonds. The Morgan fingerprint density at radius 2 is 1.95 bits per heavy atom. The number of carbonyl (C=O) groups is 1. The van der Waals surface area contributed by atoms with E-state index in [1.807, 2.05) is 23.8 Å². The summed E-state index contributed by atoms with van der Waals surface area (Å²) < 4.78 is 65.0. The SMILES string of the molecule is Cc1cc(N)nc(-c2c(Cl)cc3c(N4CCN(C=CC=O)C[C@@H]4C)nc(OC[C@@H]4CCCN4C)nc3c2F)c1C(F)(F)F. The van der Waals surface area contributed by atoms with Crippen LogP contribution in [0, 0.1) is 12.7 Å². The monoisotopic (exact) mass is 621 g/mol. The van der Waals surface area contributed by atoms with E-state index in [4.69, 9.17) is 22.1 Å². The first-order valence-electron chi connectivity index (χ1n) is 13.9. The van der Waals surface area contributed by atoms with Crippen LogP contribution in [0.1, 0.15) is 30.9 Å². The second-order valence-electron chi connectivity index (χ2n) is 11.0. The summed E-state index contributed by atoms with van der Waals surface area (Å²) in [6, 6.07) is 2.32. The molecule has 0 spiro atoms. The highest BCUT2D eigenvalue weighted by molar-refractivity contribution is 6.34. The Labute approximate surface area is 251 Å². The minimum atomic E-state index is -4.85. The number of fused-ring (bicyclic) bond motifs is 1. The number of nitrogens with zero attached hydrogens (tertiary/aromatic N) is 6. The number of piperazine rings is 1. The van der Waals surface area contributed by atoms with Crippen molar-refractivity contribution in [3.8, 4) is 17.3 Å². The number of ether oxygens (including phenoxy) is 1. The molecule has 230 valence electrons. The number of anilines is 2. The third-order valence-electron chi connectivity index (χ3n) is 7.98.